The molecule has 0 spiro atoms. The summed E-state index contributed by atoms with van der Waals surface area (Å²) in [6, 6.07) is 1.79. The smallest absolute Gasteiger partial charge is 0.250 e. The molecule has 9 heteroatoms. The van der Waals surface area contributed by atoms with E-state index in [1.165, 1.54) is 0 Å². The van der Waals surface area contributed by atoms with Crippen LogP contribution in [0.4, 0.5) is 20.3 Å². The lowest BCUT2D eigenvalue weighted by molar-refractivity contribution is 0.142. The monoisotopic (exact) mass is 366 g/mol. The molecule has 0 bridgehead atoms. The largest absolute Gasteiger partial charge is 0.384 e. The van der Waals surface area contributed by atoms with Crippen LogP contribution in [0.2, 0.25) is 5.02 Å². The van der Waals surface area contributed by atoms with Crippen molar-refractivity contribution in [3.05, 3.63) is 23.5 Å². The lowest BCUT2D eigenvalue weighted by Gasteiger charge is -2.21. The van der Waals surface area contributed by atoms with E-state index in [1.807, 2.05) is 0 Å². The minimum absolute atomic E-state index is 0.00484. The number of nitrogen functional groups attached to an aromatic ring is 1. The Hall–Kier alpha value is -2.19. The third kappa shape index (κ3) is 2.96. The SMILES string of the molecule is Nc1cc2c(cn1)[nH]c1ncc(Cl)c(N3CCC(NCC(F)F)C3)c12. The van der Waals surface area contributed by atoms with Crippen LogP contribution in [-0.2, 0) is 0 Å². The van der Waals surface area contributed by atoms with Gasteiger partial charge in [-0.25, -0.2) is 18.7 Å². The maximum absolute atomic E-state index is 12.4. The fourth-order valence-corrected chi connectivity index (χ4v) is 3.69. The molecule has 4 N–H and O–H groups in total. The molecule has 0 aliphatic carbocycles. The molecule has 3 aromatic rings. The average Bonchev–Trinajstić information content (AvgIpc) is 3.17. The molecular weight excluding hydrogens is 350 g/mol. The number of alkyl halides is 2. The van der Waals surface area contributed by atoms with Crippen molar-refractivity contribution in [3.8, 4) is 0 Å². The molecule has 1 atom stereocenters. The van der Waals surface area contributed by atoms with E-state index < -0.39 is 6.43 Å². The van der Waals surface area contributed by atoms with Crippen molar-refractivity contribution in [2.45, 2.75) is 18.9 Å². The number of aromatic amines is 1. The fourth-order valence-electron chi connectivity index (χ4n) is 3.43. The van der Waals surface area contributed by atoms with Crippen LogP contribution < -0.4 is 16.0 Å². The van der Waals surface area contributed by atoms with Gasteiger partial charge in [0.05, 0.1) is 40.6 Å². The molecule has 132 valence electrons. The number of nitrogens with one attached hydrogen (secondary N) is 2. The Morgan fingerprint density at radius 1 is 1.40 bits per heavy atom. The lowest BCUT2D eigenvalue weighted by atomic mass is 10.2. The van der Waals surface area contributed by atoms with E-state index in [0.29, 0.717) is 23.0 Å². The van der Waals surface area contributed by atoms with E-state index in [2.05, 4.69) is 25.2 Å². The molecular formula is C16H17ClF2N6. The van der Waals surface area contributed by atoms with Crippen LogP contribution >= 0.6 is 11.6 Å². The molecule has 0 aromatic carbocycles. The predicted octanol–water partition coefficient (Wildman–Crippen LogP) is 2.78. The molecule has 25 heavy (non-hydrogen) atoms. The first-order valence-electron chi connectivity index (χ1n) is 8.01. The van der Waals surface area contributed by atoms with Gasteiger partial charge >= 0.3 is 0 Å². The number of anilines is 2. The highest BCUT2D eigenvalue weighted by atomic mass is 35.5. The van der Waals surface area contributed by atoms with E-state index in [-0.39, 0.29) is 12.6 Å². The third-order valence-electron chi connectivity index (χ3n) is 4.52. The van der Waals surface area contributed by atoms with Gasteiger partial charge in [0.15, 0.2) is 0 Å². The van der Waals surface area contributed by atoms with Gasteiger partial charge in [0.2, 0.25) is 0 Å². The lowest BCUT2D eigenvalue weighted by Crippen LogP contribution is -2.35. The van der Waals surface area contributed by atoms with E-state index in [9.17, 15) is 8.78 Å². The molecule has 1 saturated heterocycles. The van der Waals surface area contributed by atoms with Crippen LogP contribution in [0.3, 0.4) is 0 Å². The predicted molar refractivity (Wildman–Crippen MR) is 95.4 cm³/mol. The van der Waals surface area contributed by atoms with Crippen molar-refractivity contribution in [3.63, 3.8) is 0 Å². The highest BCUT2D eigenvalue weighted by Gasteiger charge is 2.27. The molecule has 1 unspecified atom stereocenters. The Labute approximate surface area is 147 Å². The molecule has 0 amide bonds. The molecule has 6 nitrogen and oxygen atoms in total. The maximum Gasteiger partial charge on any atom is 0.250 e. The first-order chi connectivity index (χ1) is 12.0. The van der Waals surface area contributed by atoms with Crippen LogP contribution in [-0.4, -0.2) is 47.1 Å². The molecule has 3 aromatic heterocycles. The zero-order valence-corrected chi connectivity index (χ0v) is 14.0. The summed E-state index contributed by atoms with van der Waals surface area (Å²) in [6.07, 6.45) is 1.69. The summed E-state index contributed by atoms with van der Waals surface area (Å²) in [5, 5.41) is 5.21. The van der Waals surface area contributed by atoms with E-state index in [1.54, 1.807) is 18.5 Å². The second kappa shape index (κ2) is 6.27. The molecule has 0 saturated carbocycles. The number of fused-ring (bicyclic) bond motifs is 3. The third-order valence-corrected chi connectivity index (χ3v) is 4.80. The zero-order valence-electron chi connectivity index (χ0n) is 13.3. The summed E-state index contributed by atoms with van der Waals surface area (Å²) in [4.78, 5) is 13.8. The van der Waals surface area contributed by atoms with Gasteiger partial charge in [-0.1, -0.05) is 11.6 Å². The molecule has 4 rings (SSSR count). The first kappa shape index (κ1) is 16.3. The normalized spacial score (nSPS) is 18.1. The molecule has 1 aliphatic rings. The van der Waals surface area contributed by atoms with Crippen molar-refractivity contribution >= 4 is 45.0 Å². The molecule has 1 aliphatic heterocycles. The Bertz CT molecular complexity index is 928. The summed E-state index contributed by atoms with van der Waals surface area (Å²) in [5.74, 6) is 0.414. The van der Waals surface area contributed by atoms with Gasteiger partial charge in [0.25, 0.3) is 6.43 Å². The van der Waals surface area contributed by atoms with Gasteiger partial charge in [-0.2, -0.15) is 0 Å². The Balaban J connectivity index is 1.75. The van der Waals surface area contributed by atoms with E-state index in [4.69, 9.17) is 17.3 Å². The molecule has 1 fully saturated rings. The van der Waals surface area contributed by atoms with E-state index in [0.717, 1.165) is 34.9 Å². The standard InChI is InChI=1S/C16H17ClF2N6/c17-10-4-23-16-14(9-3-13(20)22-5-11(9)24-16)15(10)25-2-1-8(7-25)21-6-12(18)19/h3-5,8,12,21H,1-2,6-7H2,(H2,20,22)(H,23,24). The maximum atomic E-state index is 12.4. The number of rotatable bonds is 4. The van der Waals surface area contributed by atoms with Gasteiger partial charge in [-0.05, 0) is 12.5 Å². The minimum atomic E-state index is -2.35. The van der Waals surface area contributed by atoms with E-state index >= 15 is 0 Å². The number of hydrogen-bond acceptors (Lipinski definition) is 5. The van der Waals surface area contributed by atoms with Crippen molar-refractivity contribution in [1.29, 1.82) is 0 Å². The fraction of sp³-hybridized carbons (Fsp3) is 0.375. The summed E-state index contributed by atoms with van der Waals surface area (Å²) < 4.78 is 24.8. The summed E-state index contributed by atoms with van der Waals surface area (Å²) in [7, 11) is 0. The summed E-state index contributed by atoms with van der Waals surface area (Å²) in [5.41, 5.74) is 8.21. The topological polar surface area (TPSA) is 82.9 Å². The van der Waals surface area contributed by atoms with Crippen LogP contribution in [0.5, 0.6) is 0 Å². The number of H-pyrrole nitrogens is 1. The van der Waals surface area contributed by atoms with Crippen molar-refractivity contribution in [2.24, 2.45) is 0 Å². The van der Waals surface area contributed by atoms with Crippen molar-refractivity contribution < 1.29 is 8.78 Å². The number of hydrogen-bond donors (Lipinski definition) is 3. The van der Waals surface area contributed by atoms with Gasteiger partial charge in [0.1, 0.15) is 11.5 Å². The first-order valence-corrected chi connectivity index (χ1v) is 8.38. The number of aromatic nitrogens is 3. The highest BCUT2D eigenvalue weighted by molar-refractivity contribution is 6.35. The van der Waals surface area contributed by atoms with Crippen LogP contribution in [0.25, 0.3) is 21.9 Å². The number of pyridine rings is 2. The van der Waals surface area contributed by atoms with Crippen molar-refractivity contribution in [2.75, 3.05) is 30.3 Å². The van der Waals surface area contributed by atoms with Crippen molar-refractivity contribution in [1.82, 2.24) is 20.3 Å². The van der Waals surface area contributed by atoms with Gasteiger partial charge in [0, 0.05) is 24.5 Å². The Kier molecular flexibility index (Phi) is 4.09. The van der Waals surface area contributed by atoms with Gasteiger partial charge < -0.3 is 20.9 Å². The van der Waals surface area contributed by atoms with Gasteiger partial charge in [-0.3, -0.25) is 0 Å². The Morgan fingerprint density at radius 2 is 2.24 bits per heavy atom. The van der Waals surface area contributed by atoms with Crippen LogP contribution in [0.1, 0.15) is 6.42 Å². The number of nitrogens with two attached hydrogens (primary N) is 1. The zero-order chi connectivity index (χ0) is 17.6. The summed E-state index contributed by atoms with van der Waals surface area (Å²) >= 11 is 6.45. The second-order valence-corrected chi connectivity index (χ2v) is 6.60. The van der Waals surface area contributed by atoms with Crippen LogP contribution in [0, 0.1) is 0 Å². The minimum Gasteiger partial charge on any atom is -0.384 e. The average molecular weight is 367 g/mol. The molecule has 4 heterocycles. The second-order valence-electron chi connectivity index (χ2n) is 6.19. The summed E-state index contributed by atoms with van der Waals surface area (Å²) in [6.45, 7) is 1.04. The quantitative estimate of drug-likeness (QED) is 0.661. The highest BCUT2D eigenvalue weighted by Crippen LogP contribution is 2.39. The molecule has 0 radical (unpaired) electrons. The Morgan fingerprint density at radius 3 is 3.04 bits per heavy atom. The number of halogens is 3. The van der Waals surface area contributed by atoms with Crippen LogP contribution in [0.15, 0.2) is 18.5 Å². The van der Waals surface area contributed by atoms with Gasteiger partial charge in [-0.15, -0.1) is 0 Å². The number of nitrogens with zero attached hydrogens (tertiary/aromatic N) is 3.